The highest BCUT2D eigenvalue weighted by atomic mass is 19.1. The smallest absolute Gasteiger partial charge is 0.258 e. The molecule has 3 atom stereocenters. The number of imidazole rings is 1. The fourth-order valence-electron chi connectivity index (χ4n) is 10.9. The van der Waals surface area contributed by atoms with Crippen molar-refractivity contribution in [2.45, 2.75) is 77.3 Å². The zero-order valence-electron chi connectivity index (χ0n) is 36.8. The third kappa shape index (κ3) is 7.81. The Morgan fingerprint density at radius 3 is 2.31 bits per heavy atom. The third-order valence-electron chi connectivity index (χ3n) is 14.1. The number of piperazine rings is 1. The number of anilines is 3. The van der Waals surface area contributed by atoms with Gasteiger partial charge in [-0.05, 0) is 94.5 Å². The maximum absolute atomic E-state index is 15.4. The van der Waals surface area contributed by atoms with E-state index in [0.29, 0.717) is 78.6 Å². The number of hydrogen-bond donors (Lipinski definition) is 2. The number of ether oxygens (including phenoxy) is 2. The van der Waals surface area contributed by atoms with Gasteiger partial charge in [0.15, 0.2) is 0 Å². The maximum atomic E-state index is 15.4. The summed E-state index contributed by atoms with van der Waals surface area (Å²) in [4.78, 5) is 54.8. The number of imide groups is 1. The molecule has 4 fully saturated rings. The van der Waals surface area contributed by atoms with Gasteiger partial charge in [0, 0.05) is 93.9 Å². The summed E-state index contributed by atoms with van der Waals surface area (Å²) in [6, 6.07) is 10.7. The van der Waals surface area contributed by atoms with E-state index in [1.165, 1.54) is 12.1 Å². The number of pyridine rings is 1. The summed E-state index contributed by atoms with van der Waals surface area (Å²) >= 11 is 0. The Kier molecular flexibility index (Phi) is 11.0. The van der Waals surface area contributed by atoms with Crippen molar-refractivity contribution >= 4 is 46.1 Å². The molecule has 0 radical (unpaired) electrons. The molecule has 3 aromatic heterocycles. The molecule has 4 bridgehead atoms. The Labute approximate surface area is 370 Å². The van der Waals surface area contributed by atoms with Gasteiger partial charge in [0.1, 0.15) is 17.4 Å². The predicted octanol–water partition coefficient (Wildman–Crippen LogP) is 6.11. The van der Waals surface area contributed by atoms with Gasteiger partial charge in [-0.3, -0.25) is 34.9 Å². The SMILES string of the molecule is COc1cc2nc3n(c2cc1N1CCN(C2CCN(c4cc(F)c([C@H]5CCC(=O)NC5=O)c(F)c4)CC2)CC1)C[C@@H]1CC[C@H](COc2c(c(C)nn2C)-c2cc(cc(C)n2)C(=O)N3)C1. The number of hydrogen-bond acceptors (Lipinski definition) is 11. The lowest BCUT2D eigenvalue weighted by Gasteiger charge is -2.44. The van der Waals surface area contributed by atoms with Crippen molar-refractivity contribution in [2.24, 2.45) is 18.9 Å². The second-order valence-electron chi connectivity index (χ2n) is 18.2. The van der Waals surface area contributed by atoms with E-state index in [2.05, 4.69) is 36.2 Å². The molecule has 0 unspecified atom stereocenters. The van der Waals surface area contributed by atoms with Gasteiger partial charge >= 0.3 is 0 Å². The quantitative estimate of drug-likeness (QED) is 0.197. The molecule has 0 spiro atoms. The van der Waals surface area contributed by atoms with Crippen LogP contribution in [0.4, 0.5) is 26.1 Å². The Morgan fingerprint density at radius 1 is 0.828 bits per heavy atom. The molecule has 2 aromatic carbocycles. The van der Waals surface area contributed by atoms with Gasteiger partial charge in [0.2, 0.25) is 23.6 Å². The Balaban J connectivity index is 0.856. The van der Waals surface area contributed by atoms with Gasteiger partial charge in [-0.2, -0.15) is 5.10 Å². The first-order chi connectivity index (χ1) is 30.9. The van der Waals surface area contributed by atoms with Crippen molar-refractivity contribution in [1.82, 2.24) is 34.5 Å². The van der Waals surface area contributed by atoms with E-state index in [-0.39, 0.29) is 24.3 Å². The van der Waals surface area contributed by atoms with Crippen molar-refractivity contribution in [3.05, 3.63) is 70.5 Å². The van der Waals surface area contributed by atoms with E-state index < -0.39 is 29.4 Å². The molecule has 336 valence electrons. The third-order valence-corrected chi connectivity index (χ3v) is 14.1. The van der Waals surface area contributed by atoms with Crippen molar-refractivity contribution in [3.8, 4) is 22.9 Å². The number of aromatic nitrogens is 5. The van der Waals surface area contributed by atoms with Gasteiger partial charge in [-0.1, -0.05) is 0 Å². The van der Waals surface area contributed by atoms with Crippen LogP contribution in [0.2, 0.25) is 0 Å². The van der Waals surface area contributed by atoms with Crippen LogP contribution in [0.5, 0.6) is 11.6 Å². The maximum Gasteiger partial charge on any atom is 0.258 e. The molecule has 2 N–H and O–H groups in total. The fourth-order valence-corrected chi connectivity index (χ4v) is 10.9. The molecular formula is C47H54F2N10O5. The van der Waals surface area contributed by atoms with E-state index in [1.54, 1.807) is 23.9 Å². The first-order valence-corrected chi connectivity index (χ1v) is 22.5. The molecule has 4 aliphatic heterocycles. The van der Waals surface area contributed by atoms with Crippen molar-refractivity contribution in [3.63, 3.8) is 0 Å². The molecule has 10 rings (SSSR count). The molecule has 7 heterocycles. The fraction of sp³-hybridized carbons (Fsp3) is 0.489. The number of carbonyl (C=O) groups excluding carboxylic acids is 3. The number of amides is 3. The van der Waals surface area contributed by atoms with Crippen LogP contribution in [-0.2, 0) is 23.2 Å². The van der Waals surface area contributed by atoms with Gasteiger partial charge in [0.05, 0.1) is 53.3 Å². The number of carbonyl (C=O) groups is 3. The molecule has 3 amide bonds. The monoisotopic (exact) mass is 876 g/mol. The molecular weight excluding hydrogens is 823 g/mol. The number of aryl methyl sites for hydroxylation is 3. The average molecular weight is 877 g/mol. The summed E-state index contributed by atoms with van der Waals surface area (Å²) in [5, 5.41) is 10.0. The molecule has 5 aromatic rings. The van der Waals surface area contributed by atoms with E-state index in [9.17, 15) is 14.4 Å². The average Bonchev–Trinajstić information content (AvgIpc) is 3.95. The van der Waals surface area contributed by atoms with E-state index in [0.717, 1.165) is 92.0 Å². The number of methoxy groups -OCH3 is 1. The molecule has 1 saturated carbocycles. The normalized spacial score (nSPS) is 22.3. The minimum Gasteiger partial charge on any atom is -0.495 e. The highest BCUT2D eigenvalue weighted by Gasteiger charge is 2.35. The molecule has 1 aliphatic carbocycles. The highest BCUT2D eigenvalue weighted by Crippen LogP contribution is 2.41. The van der Waals surface area contributed by atoms with Crippen molar-refractivity contribution in [1.29, 1.82) is 0 Å². The van der Waals surface area contributed by atoms with Crippen LogP contribution in [0.15, 0.2) is 36.4 Å². The van der Waals surface area contributed by atoms with Crippen LogP contribution in [0, 0.1) is 37.3 Å². The van der Waals surface area contributed by atoms with Crippen LogP contribution in [-0.4, -0.2) is 106 Å². The predicted molar refractivity (Wildman–Crippen MR) is 237 cm³/mol. The summed E-state index contributed by atoms with van der Waals surface area (Å²) in [5.74, 6) is -1.28. The molecule has 5 aliphatic rings. The molecule has 3 saturated heterocycles. The van der Waals surface area contributed by atoms with Crippen LogP contribution >= 0.6 is 0 Å². The van der Waals surface area contributed by atoms with Crippen LogP contribution in [0.1, 0.15) is 78.2 Å². The van der Waals surface area contributed by atoms with E-state index >= 15 is 8.78 Å². The summed E-state index contributed by atoms with van der Waals surface area (Å²) in [5.41, 5.74) is 6.25. The Bertz CT molecular complexity index is 2640. The number of piperidine rings is 2. The second-order valence-corrected chi connectivity index (χ2v) is 18.2. The number of nitrogens with one attached hydrogen (secondary N) is 2. The number of benzene rings is 2. The Morgan fingerprint density at radius 2 is 1.58 bits per heavy atom. The van der Waals surface area contributed by atoms with Gasteiger partial charge in [0.25, 0.3) is 5.91 Å². The number of rotatable bonds is 5. The minimum absolute atomic E-state index is 0.0518. The van der Waals surface area contributed by atoms with Gasteiger partial charge < -0.3 is 23.8 Å². The standard InChI is InChI=1S/C47H54F2N10O5/c1-26-17-30-19-37(50-26)42-27(2)54-55(3)46(42)64-25-29-6-5-28(18-29)24-59-38-23-39(40(63-4)22-36(38)51-47(59)53-44(30)61)58-15-13-57(14-16-58)31-9-11-56(12-10-31)32-20-34(48)43(35(49)21-32)33-7-8-41(60)52-45(33)62/h17,19-23,28-29,31,33H,5-16,18,24-25H2,1-4H3,(H,51,53,61)(H,52,60,62)/t28-,29+,33-/m1/s1. The number of fused-ring (bicyclic) bond motifs is 9. The minimum atomic E-state index is -1.02. The highest BCUT2D eigenvalue weighted by molar-refractivity contribution is 6.05. The summed E-state index contributed by atoms with van der Waals surface area (Å²) in [7, 11) is 3.56. The lowest BCUT2D eigenvalue weighted by Crippen LogP contribution is -2.53. The zero-order chi connectivity index (χ0) is 44.4. The van der Waals surface area contributed by atoms with Crippen LogP contribution in [0.3, 0.4) is 0 Å². The van der Waals surface area contributed by atoms with Crippen molar-refractivity contribution in [2.75, 3.05) is 68.1 Å². The van der Waals surface area contributed by atoms with Crippen LogP contribution in [0.25, 0.3) is 22.3 Å². The van der Waals surface area contributed by atoms with Crippen LogP contribution < -0.4 is 29.9 Å². The molecule has 17 heteroatoms. The largest absolute Gasteiger partial charge is 0.495 e. The first kappa shape index (κ1) is 41.9. The number of nitrogens with zero attached hydrogens (tertiary/aromatic N) is 8. The molecule has 64 heavy (non-hydrogen) atoms. The second kappa shape index (κ2) is 16.8. The van der Waals surface area contributed by atoms with E-state index in [4.69, 9.17) is 19.4 Å². The lowest BCUT2D eigenvalue weighted by atomic mass is 9.89. The first-order valence-electron chi connectivity index (χ1n) is 22.5. The Hall–Kier alpha value is -6.10. The topological polar surface area (TPSA) is 152 Å². The van der Waals surface area contributed by atoms with Gasteiger partial charge in [-0.25, -0.2) is 18.4 Å². The lowest BCUT2D eigenvalue weighted by molar-refractivity contribution is -0.134. The van der Waals surface area contributed by atoms with E-state index in [1.807, 2.05) is 31.9 Å². The van der Waals surface area contributed by atoms with Gasteiger partial charge in [-0.15, -0.1) is 0 Å². The number of halogens is 2. The van der Waals surface area contributed by atoms with Crippen molar-refractivity contribution < 1.29 is 32.6 Å². The summed E-state index contributed by atoms with van der Waals surface area (Å²) < 4.78 is 47.2. The summed E-state index contributed by atoms with van der Waals surface area (Å²) in [6.45, 7) is 9.63. The zero-order valence-corrected chi connectivity index (χ0v) is 36.8. The summed E-state index contributed by atoms with van der Waals surface area (Å²) in [6.07, 6.45) is 4.89. The molecule has 15 nitrogen and oxygen atoms in total.